The van der Waals surface area contributed by atoms with E-state index in [1.807, 2.05) is 13.1 Å². The molecule has 3 N–H and O–H groups in total. The molecule has 0 spiro atoms. The fourth-order valence-corrected chi connectivity index (χ4v) is 1.86. The Morgan fingerprint density at radius 1 is 1.50 bits per heavy atom. The first kappa shape index (κ1) is 13.9. The Morgan fingerprint density at radius 3 is 2.95 bits per heavy atom. The number of aryl methyl sites for hydroxylation is 1. The summed E-state index contributed by atoms with van der Waals surface area (Å²) < 4.78 is 6.94. The highest BCUT2D eigenvalue weighted by Crippen LogP contribution is 2.21. The molecule has 1 aromatic heterocycles. The molecule has 106 valence electrons. The zero-order valence-electron chi connectivity index (χ0n) is 11.6. The summed E-state index contributed by atoms with van der Waals surface area (Å²) in [5.74, 6) is 0.281. The average Bonchev–Trinajstić information content (AvgIpc) is 2.84. The van der Waals surface area contributed by atoms with Crippen LogP contribution >= 0.6 is 0 Å². The van der Waals surface area contributed by atoms with Crippen molar-refractivity contribution in [1.29, 1.82) is 0 Å². The van der Waals surface area contributed by atoms with Gasteiger partial charge >= 0.3 is 0 Å². The molecule has 1 amide bonds. The van der Waals surface area contributed by atoms with Crippen molar-refractivity contribution in [3.63, 3.8) is 0 Å². The number of aromatic nitrogens is 2. The summed E-state index contributed by atoms with van der Waals surface area (Å²) in [5.41, 5.74) is 7.78. The summed E-state index contributed by atoms with van der Waals surface area (Å²) in [4.78, 5) is 12.1. The minimum absolute atomic E-state index is 0.189. The zero-order chi connectivity index (χ0) is 14.5. The summed E-state index contributed by atoms with van der Waals surface area (Å²) in [6.45, 7) is 3.09. The lowest BCUT2D eigenvalue weighted by Crippen LogP contribution is -2.27. The molecular formula is C14H18N4O2. The van der Waals surface area contributed by atoms with Crippen LogP contribution in [0, 0.1) is 6.92 Å². The summed E-state index contributed by atoms with van der Waals surface area (Å²) in [6, 6.07) is 4.96. The van der Waals surface area contributed by atoms with E-state index in [-0.39, 0.29) is 5.91 Å². The molecule has 0 saturated carbocycles. The number of amides is 1. The molecule has 1 aromatic carbocycles. The zero-order valence-corrected chi connectivity index (χ0v) is 11.6. The Balaban J connectivity index is 1.95. The number of carbonyl (C=O) groups excluding carboxylic acids is 1. The average molecular weight is 274 g/mol. The largest absolute Gasteiger partial charge is 0.496 e. The second-order valence-electron chi connectivity index (χ2n) is 4.50. The fourth-order valence-electron chi connectivity index (χ4n) is 1.86. The molecule has 20 heavy (non-hydrogen) atoms. The van der Waals surface area contributed by atoms with Gasteiger partial charge in [0, 0.05) is 24.5 Å². The number of hydrogen-bond donors (Lipinski definition) is 2. The highest BCUT2D eigenvalue weighted by Gasteiger charge is 2.11. The van der Waals surface area contributed by atoms with E-state index in [1.54, 1.807) is 29.1 Å². The van der Waals surface area contributed by atoms with Gasteiger partial charge in [-0.1, -0.05) is 0 Å². The lowest BCUT2D eigenvalue weighted by molar-refractivity contribution is 0.0949. The number of rotatable bonds is 5. The summed E-state index contributed by atoms with van der Waals surface area (Å²) in [5, 5.41) is 6.99. The van der Waals surface area contributed by atoms with Crippen LogP contribution in [0.4, 0.5) is 5.69 Å². The fraction of sp³-hybridized carbons (Fsp3) is 0.286. The van der Waals surface area contributed by atoms with Gasteiger partial charge < -0.3 is 15.8 Å². The maximum Gasteiger partial charge on any atom is 0.255 e. The second kappa shape index (κ2) is 6.10. The van der Waals surface area contributed by atoms with Gasteiger partial charge in [0.2, 0.25) is 0 Å². The lowest BCUT2D eigenvalue weighted by Gasteiger charge is -2.10. The van der Waals surface area contributed by atoms with E-state index in [1.165, 1.54) is 7.11 Å². The maximum absolute atomic E-state index is 12.1. The van der Waals surface area contributed by atoms with E-state index in [9.17, 15) is 4.79 Å². The molecule has 0 aliphatic heterocycles. The van der Waals surface area contributed by atoms with E-state index < -0.39 is 0 Å². The topological polar surface area (TPSA) is 82.2 Å². The Labute approximate surface area is 117 Å². The van der Waals surface area contributed by atoms with Gasteiger partial charge in [-0.15, -0.1) is 0 Å². The SMILES string of the molecule is COc1cc(N)ccc1C(=O)NCCn1cc(C)cn1. The molecule has 0 bridgehead atoms. The predicted octanol–water partition coefficient (Wildman–Crippen LogP) is 1.21. The Kier molecular flexibility index (Phi) is 4.24. The number of nitrogens with one attached hydrogen (secondary N) is 1. The van der Waals surface area contributed by atoms with E-state index in [2.05, 4.69) is 10.4 Å². The Morgan fingerprint density at radius 2 is 2.30 bits per heavy atom. The minimum Gasteiger partial charge on any atom is -0.496 e. The van der Waals surface area contributed by atoms with Gasteiger partial charge in [0.1, 0.15) is 5.75 Å². The van der Waals surface area contributed by atoms with Crippen molar-refractivity contribution in [2.24, 2.45) is 0 Å². The molecule has 0 aliphatic carbocycles. The molecule has 0 unspecified atom stereocenters. The van der Waals surface area contributed by atoms with Crippen molar-refractivity contribution in [3.05, 3.63) is 41.7 Å². The molecule has 0 atom stereocenters. The number of ether oxygens (including phenoxy) is 1. The second-order valence-corrected chi connectivity index (χ2v) is 4.50. The highest BCUT2D eigenvalue weighted by molar-refractivity contribution is 5.97. The van der Waals surface area contributed by atoms with Crippen LogP contribution in [-0.2, 0) is 6.54 Å². The summed E-state index contributed by atoms with van der Waals surface area (Å²) >= 11 is 0. The van der Waals surface area contributed by atoms with Crippen LogP contribution in [0.3, 0.4) is 0 Å². The van der Waals surface area contributed by atoms with Gasteiger partial charge in [0.15, 0.2) is 0 Å². The van der Waals surface area contributed by atoms with Gasteiger partial charge in [-0.25, -0.2) is 0 Å². The van der Waals surface area contributed by atoms with Crippen LogP contribution in [0.2, 0.25) is 0 Å². The van der Waals surface area contributed by atoms with Gasteiger partial charge in [-0.2, -0.15) is 5.10 Å². The standard InChI is InChI=1S/C14H18N4O2/c1-10-8-17-18(9-10)6-5-16-14(19)12-4-3-11(15)7-13(12)20-2/h3-4,7-9H,5-6,15H2,1-2H3,(H,16,19). The van der Waals surface area contributed by atoms with Crippen molar-refractivity contribution in [2.45, 2.75) is 13.5 Å². The first-order valence-corrected chi connectivity index (χ1v) is 6.31. The molecule has 6 heteroatoms. The van der Waals surface area contributed by atoms with Crippen LogP contribution in [-0.4, -0.2) is 29.3 Å². The number of nitrogens with two attached hydrogens (primary N) is 1. The van der Waals surface area contributed by atoms with Crippen molar-refractivity contribution in [1.82, 2.24) is 15.1 Å². The third-order valence-electron chi connectivity index (χ3n) is 2.86. The summed E-state index contributed by atoms with van der Waals surface area (Å²) in [7, 11) is 1.51. The number of methoxy groups -OCH3 is 1. The van der Waals surface area contributed by atoms with Gasteiger partial charge in [-0.05, 0) is 24.6 Å². The predicted molar refractivity (Wildman–Crippen MR) is 76.7 cm³/mol. The van der Waals surface area contributed by atoms with Crippen molar-refractivity contribution >= 4 is 11.6 Å². The molecule has 1 heterocycles. The highest BCUT2D eigenvalue weighted by atomic mass is 16.5. The van der Waals surface area contributed by atoms with Crippen molar-refractivity contribution in [2.75, 3.05) is 19.4 Å². The molecule has 2 rings (SSSR count). The summed E-state index contributed by atoms with van der Waals surface area (Å²) in [6.07, 6.45) is 3.71. The van der Waals surface area contributed by atoms with Crippen LogP contribution in [0.5, 0.6) is 5.75 Å². The van der Waals surface area contributed by atoms with Crippen molar-refractivity contribution < 1.29 is 9.53 Å². The molecule has 0 radical (unpaired) electrons. The molecule has 0 aliphatic rings. The van der Waals surface area contributed by atoms with E-state index in [0.29, 0.717) is 30.1 Å². The molecule has 0 fully saturated rings. The quantitative estimate of drug-likeness (QED) is 0.803. The third kappa shape index (κ3) is 3.28. The van der Waals surface area contributed by atoms with Gasteiger partial charge in [-0.3, -0.25) is 9.48 Å². The molecule has 0 saturated heterocycles. The smallest absolute Gasteiger partial charge is 0.255 e. The number of nitrogens with zero attached hydrogens (tertiary/aromatic N) is 2. The Bertz CT molecular complexity index is 607. The van der Waals surface area contributed by atoms with E-state index in [0.717, 1.165) is 5.56 Å². The molecular weight excluding hydrogens is 256 g/mol. The normalized spacial score (nSPS) is 10.3. The molecule has 6 nitrogen and oxygen atoms in total. The monoisotopic (exact) mass is 274 g/mol. The lowest BCUT2D eigenvalue weighted by atomic mass is 10.1. The number of nitrogen functional groups attached to an aromatic ring is 1. The van der Waals surface area contributed by atoms with Crippen LogP contribution in [0.1, 0.15) is 15.9 Å². The van der Waals surface area contributed by atoms with Crippen LogP contribution in [0.15, 0.2) is 30.6 Å². The minimum atomic E-state index is -0.189. The number of anilines is 1. The van der Waals surface area contributed by atoms with Gasteiger partial charge in [0.25, 0.3) is 5.91 Å². The van der Waals surface area contributed by atoms with Gasteiger partial charge in [0.05, 0.1) is 25.4 Å². The Hall–Kier alpha value is -2.50. The van der Waals surface area contributed by atoms with Crippen LogP contribution < -0.4 is 15.8 Å². The number of hydrogen-bond acceptors (Lipinski definition) is 4. The first-order chi connectivity index (χ1) is 9.60. The van der Waals surface area contributed by atoms with E-state index >= 15 is 0 Å². The first-order valence-electron chi connectivity index (χ1n) is 6.31. The third-order valence-corrected chi connectivity index (χ3v) is 2.86. The van der Waals surface area contributed by atoms with E-state index in [4.69, 9.17) is 10.5 Å². The molecule has 2 aromatic rings. The van der Waals surface area contributed by atoms with Crippen molar-refractivity contribution in [3.8, 4) is 5.75 Å². The number of carbonyl (C=O) groups is 1. The number of benzene rings is 1. The maximum atomic E-state index is 12.1. The van der Waals surface area contributed by atoms with Crippen LogP contribution in [0.25, 0.3) is 0 Å².